The van der Waals surface area contributed by atoms with Crippen molar-refractivity contribution in [2.75, 3.05) is 4.90 Å². The molecular weight excluding hydrogens is 480 g/mol. The number of hydrogen-bond donors (Lipinski definition) is 0. The van der Waals surface area contributed by atoms with Crippen molar-refractivity contribution in [1.82, 2.24) is 0 Å². The maximum absolute atomic E-state index is 13.8. The van der Waals surface area contributed by atoms with Crippen LogP contribution in [0.4, 0.5) is 5.69 Å². The number of carbonyl (C=O) groups excluding carboxylic acids is 1. The van der Waals surface area contributed by atoms with Crippen LogP contribution in [0.3, 0.4) is 0 Å². The van der Waals surface area contributed by atoms with Crippen LogP contribution in [0.1, 0.15) is 22.3 Å². The van der Waals surface area contributed by atoms with Crippen molar-refractivity contribution in [2.24, 2.45) is 4.99 Å². The van der Waals surface area contributed by atoms with Crippen LogP contribution in [0.5, 0.6) is 11.5 Å². The van der Waals surface area contributed by atoms with Gasteiger partial charge in [0.05, 0.1) is 5.69 Å². The number of ether oxygens (including phenoxy) is 1. The highest BCUT2D eigenvalue weighted by Gasteiger charge is 2.32. The van der Waals surface area contributed by atoms with Crippen molar-refractivity contribution < 1.29 is 9.53 Å². The van der Waals surface area contributed by atoms with E-state index in [-0.39, 0.29) is 5.91 Å². The van der Waals surface area contributed by atoms with E-state index >= 15 is 0 Å². The van der Waals surface area contributed by atoms with Crippen LogP contribution in [-0.2, 0) is 11.2 Å². The predicted octanol–water partition coefficient (Wildman–Crippen LogP) is 7.90. The van der Waals surface area contributed by atoms with Gasteiger partial charge in [0.25, 0.3) is 5.91 Å². The van der Waals surface area contributed by atoms with Crippen molar-refractivity contribution in [3.8, 4) is 11.5 Å². The van der Waals surface area contributed by atoms with E-state index in [1.165, 1.54) is 11.1 Å². The Morgan fingerprint density at radius 1 is 0.641 bits per heavy atom. The van der Waals surface area contributed by atoms with Gasteiger partial charge in [0.15, 0.2) is 0 Å². The van der Waals surface area contributed by atoms with Crippen LogP contribution in [-0.4, -0.2) is 11.7 Å². The molecular formula is C35H26N2O2. The summed E-state index contributed by atoms with van der Waals surface area (Å²) in [6.07, 6.45) is 2.65. The summed E-state index contributed by atoms with van der Waals surface area (Å²) in [4.78, 5) is 20.3. The van der Waals surface area contributed by atoms with Gasteiger partial charge >= 0.3 is 0 Å². The van der Waals surface area contributed by atoms with E-state index in [4.69, 9.17) is 9.73 Å². The van der Waals surface area contributed by atoms with Gasteiger partial charge in [-0.3, -0.25) is 9.69 Å². The smallest absolute Gasteiger partial charge is 0.282 e. The van der Waals surface area contributed by atoms with Crippen molar-refractivity contribution in [1.29, 1.82) is 0 Å². The molecule has 0 aliphatic carbocycles. The van der Waals surface area contributed by atoms with Crippen LogP contribution in [0.15, 0.2) is 150 Å². The molecule has 0 atom stereocenters. The molecule has 39 heavy (non-hydrogen) atoms. The number of amidine groups is 1. The summed E-state index contributed by atoms with van der Waals surface area (Å²) in [5.41, 5.74) is 5.30. The van der Waals surface area contributed by atoms with E-state index in [1.807, 2.05) is 121 Å². The molecule has 0 saturated heterocycles. The number of benzene rings is 5. The number of rotatable bonds is 7. The first kappa shape index (κ1) is 24.1. The number of carbonyl (C=O) groups is 1. The molecule has 1 heterocycles. The third-order valence-electron chi connectivity index (χ3n) is 6.48. The molecule has 4 heteroatoms. The van der Waals surface area contributed by atoms with Gasteiger partial charge < -0.3 is 4.74 Å². The predicted molar refractivity (Wildman–Crippen MR) is 157 cm³/mol. The minimum Gasteiger partial charge on any atom is -0.457 e. The van der Waals surface area contributed by atoms with Crippen molar-refractivity contribution in [3.63, 3.8) is 0 Å². The average Bonchev–Trinajstić information content (AvgIpc) is 3.30. The van der Waals surface area contributed by atoms with Gasteiger partial charge in [-0.15, -0.1) is 0 Å². The number of anilines is 1. The Morgan fingerprint density at radius 2 is 1.26 bits per heavy atom. The highest BCUT2D eigenvalue weighted by Crippen LogP contribution is 2.30. The first-order valence-electron chi connectivity index (χ1n) is 12.9. The summed E-state index contributed by atoms with van der Waals surface area (Å²) in [5.74, 6) is 1.89. The maximum atomic E-state index is 13.8. The summed E-state index contributed by atoms with van der Waals surface area (Å²) in [5, 5.41) is 0. The summed E-state index contributed by atoms with van der Waals surface area (Å²) in [6.45, 7) is 0. The second-order valence-electron chi connectivity index (χ2n) is 9.29. The number of hydrogen-bond acceptors (Lipinski definition) is 3. The fourth-order valence-corrected chi connectivity index (χ4v) is 4.58. The standard InChI is InChI=1S/C35H26N2O2/c38-35-33(25-28-13-10-18-32(24-28)39-31-16-8-3-9-17-31)36-34(29-14-6-2-7-15-29)37(35)30-21-19-27(20-22-30)23-26-11-4-1-5-12-26/h1-22,24-25H,23H2/b33-25+. The molecule has 4 nitrogen and oxygen atoms in total. The lowest BCUT2D eigenvalue weighted by atomic mass is 10.0. The molecule has 0 N–H and O–H groups in total. The van der Waals surface area contributed by atoms with Gasteiger partial charge in [0, 0.05) is 5.56 Å². The zero-order valence-corrected chi connectivity index (χ0v) is 21.3. The topological polar surface area (TPSA) is 41.9 Å². The van der Waals surface area contributed by atoms with Crippen LogP contribution >= 0.6 is 0 Å². The zero-order valence-electron chi connectivity index (χ0n) is 21.3. The molecule has 0 unspecified atom stereocenters. The van der Waals surface area contributed by atoms with Crippen molar-refractivity contribution in [3.05, 3.63) is 167 Å². The van der Waals surface area contributed by atoms with Gasteiger partial charge in [-0.25, -0.2) is 4.99 Å². The van der Waals surface area contributed by atoms with Crippen LogP contribution < -0.4 is 9.64 Å². The molecule has 1 amide bonds. The van der Waals surface area contributed by atoms with E-state index in [0.717, 1.165) is 29.0 Å². The Labute approximate surface area is 228 Å². The van der Waals surface area contributed by atoms with E-state index in [2.05, 4.69) is 24.3 Å². The van der Waals surface area contributed by atoms with E-state index < -0.39 is 0 Å². The molecule has 5 aromatic rings. The Hall–Kier alpha value is -5.22. The normalized spacial score (nSPS) is 13.9. The van der Waals surface area contributed by atoms with E-state index in [9.17, 15) is 4.79 Å². The Bertz CT molecular complexity index is 1640. The molecule has 0 bridgehead atoms. The second kappa shape index (κ2) is 11.0. The number of aliphatic imine (C=N–C) groups is 1. The third-order valence-corrected chi connectivity index (χ3v) is 6.48. The molecule has 5 aromatic carbocycles. The minimum atomic E-state index is -0.168. The fourth-order valence-electron chi connectivity index (χ4n) is 4.58. The molecule has 0 radical (unpaired) electrons. The number of para-hydroxylation sites is 1. The number of nitrogens with zero attached hydrogens (tertiary/aromatic N) is 2. The molecule has 6 rings (SSSR count). The zero-order chi connectivity index (χ0) is 26.4. The Balaban J connectivity index is 1.31. The first-order chi connectivity index (χ1) is 19.2. The fraction of sp³-hybridized carbons (Fsp3) is 0.0286. The van der Waals surface area contributed by atoms with Gasteiger partial charge in [-0.05, 0) is 65.6 Å². The largest absolute Gasteiger partial charge is 0.457 e. The van der Waals surface area contributed by atoms with E-state index in [0.29, 0.717) is 17.3 Å². The van der Waals surface area contributed by atoms with Crippen molar-refractivity contribution >= 4 is 23.5 Å². The summed E-state index contributed by atoms with van der Waals surface area (Å²) >= 11 is 0. The van der Waals surface area contributed by atoms with Gasteiger partial charge in [-0.1, -0.05) is 103 Å². The Morgan fingerprint density at radius 3 is 1.97 bits per heavy atom. The van der Waals surface area contributed by atoms with Crippen molar-refractivity contribution in [2.45, 2.75) is 6.42 Å². The molecule has 0 aromatic heterocycles. The first-order valence-corrected chi connectivity index (χ1v) is 12.9. The molecule has 0 fully saturated rings. The third kappa shape index (κ3) is 5.55. The quantitative estimate of drug-likeness (QED) is 0.211. The van der Waals surface area contributed by atoms with Crippen LogP contribution in [0.2, 0.25) is 0 Å². The SMILES string of the molecule is O=C1/C(=C\c2cccc(Oc3ccccc3)c2)N=C(c2ccccc2)N1c1ccc(Cc2ccccc2)cc1. The van der Waals surface area contributed by atoms with Gasteiger partial charge in [-0.2, -0.15) is 0 Å². The van der Waals surface area contributed by atoms with Crippen LogP contribution in [0.25, 0.3) is 6.08 Å². The Kier molecular flexibility index (Phi) is 6.83. The van der Waals surface area contributed by atoms with Crippen LogP contribution in [0, 0.1) is 0 Å². The number of amides is 1. The molecule has 1 aliphatic rings. The molecule has 0 saturated carbocycles. The summed E-state index contributed by atoms with van der Waals surface area (Å²) in [7, 11) is 0. The lowest BCUT2D eigenvalue weighted by Gasteiger charge is -2.19. The lowest BCUT2D eigenvalue weighted by molar-refractivity contribution is -0.113. The highest BCUT2D eigenvalue weighted by molar-refractivity contribution is 6.33. The average molecular weight is 507 g/mol. The highest BCUT2D eigenvalue weighted by atomic mass is 16.5. The summed E-state index contributed by atoms with van der Waals surface area (Å²) in [6, 6.07) is 45.6. The summed E-state index contributed by atoms with van der Waals surface area (Å²) < 4.78 is 5.98. The minimum absolute atomic E-state index is 0.168. The molecule has 188 valence electrons. The van der Waals surface area contributed by atoms with Gasteiger partial charge in [0.1, 0.15) is 23.0 Å². The monoisotopic (exact) mass is 506 g/mol. The lowest BCUT2D eigenvalue weighted by Crippen LogP contribution is -2.32. The molecule has 1 aliphatic heterocycles. The van der Waals surface area contributed by atoms with E-state index in [1.54, 1.807) is 4.90 Å². The van der Waals surface area contributed by atoms with Gasteiger partial charge in [0.2, 0.25) is 0 Å². The molecule has 0 spiro atoms. The maximum Gasteiger partial charge on any atom is 0.282 e. The second-order valence-corrected chi connectivity index (χ2v) is 9.29.